The van der Waals surface area contributed by atoms with Gasteiger partial charge in [0.05, 0.1) is 23.7 Å². The summed E-state index contributed by atoms with van der Waals surface area (Å²) in [7, 11) is 3.78. The highest BCUT2D eigenvalue weighted by Gasteiger charge is 2.19. The molecule has 1 fully saturated rings. The topological polar surface area (TPSA) is 46.9 Å². The molecule has 0 radical (unpaired) electrons. The number of piperazine rings is 1. The van der Waals surface area contributed by atoms with Crippen LogP contribution in [0.3, 0.4) is 0 Å². The standard InChI is InChI=1S/C18H25N3O3/c1-4-11-24-21-6-5-17(22)14-12-18(23-3)16(13-15(14)21)20-9-7-19(2)8-10-20/h5-6,12-13H,4,7-11H2,1-3H3. The normalized spacial score (nSPS) is 15.7. The van der Waals surface area contributed by atoms with Gasteiger partial charge >= 0.3 is 0 Å². The van der Waals surface area contributed by atoms with Gasteiger partial charge in [0, 0.05) is 38.4 Å². The van der Waals surface area contributed by atoms with Crippen molar-refractivity contribution in [2.24, 2.45) is 0 Å². The smallest absolute Gasteiger partial charge is 0.189 e. The van der Waals surface area contributed by atoms with E-state index in [0.29, 0.717) is 12.0 Å². The molecular formula is C18H25N3O3. The van der Waals surface area contributed by atoms with E-state index in [1.807, 2.05) is 12.1 Å². The second kappa shape index (κ2) is 7.13. The van der Waals surface area contributed by atoms with E-state index >= 15 is 0 Å². The fourth-order valence-corrected chi connectivity index (χ4v) is 3.00. The molecule has 0 unspecified atom stereocenters. The average Bonchev–Trinajstić information content (AvgIpc) is 2.61. The van der Waals surface area contributed by atoms with E-state index in [2.05, 4.69) is 23.8 Å². The number of methoxy groups -OCH3 is 1. The Morgan fingerprint density at radius 3 is 2.58 bits per heavy atom. The van der Waals surface area contributed by atoms with Crippen LogP contribution in [0.25, 0.3) is 10.9 Å². The number of anilines is 1. The second-order valence-corrected chi connectivity index (χ2v) is 6.17. The molecule has 1 aromatic heterocycles. The van der Waals surface area contributed by atoms with Gasteiger partial charge in [-0.05, 0) is 25.6 Å². The Labute approximate surface area is 142 Å². The van der Waals surface area contributed by atoms with E-state index in [4.69, 9.17) is 9.57 Å². The molecule has 2 aromatic rings. The summed E-state index contributed by atoms with van der Waals surface area (Å²) >= 11 is 0. The molecule has 24 heavy (non-hydrogen) atoms. The number of benzene rings is 1. The lowest BCUT2D eigenvalue weighted by atomic mass is 10.1. The highest BCUT2D eigenvalue weighted by molar-refractivity contribution is 5.86. The van der Waals surface area contributed by atoms with Crippen molar-refractivity contribution in [1.29, 1.82) is 0 Å². The Morgan fingerprint density at radius 2 is 1.92 bits per heavy atom. The maximum Gasteiger partial charge on any atom is 0.189 e. The number of hydrogen-bond acceptors (Lipinski definition) is 5. The lowest BCUT2D eigenvalue weighted by Crippen LogP contribution is -2.44. The van der Waals surface area contributed by atoms with Gasteiger partial charge in [0.1, 0.15) is 12.4 Å². The van der Waals surface area contributed by atoms with Crippen LogP contribution < -0.4 is 19.9 Å². The number of likely N-dealkylation sites (N-methyl/N-ethyl adjacent to an activating group) is 1. The summed E-state index contributed by atoms with van der Waals surface area (Å²) in [6.45, 7) is 6.55. The van der Waals surface area contributed by atoms with Gasteiger partial charge < -0.3 is 19.4 Å². The average molecular weight is 331 g/mol. The number of pyridine rings is 1. The van der Waals surface area contributed by atoms with Crippen LogP contribution in [0.2, 0.25) is 0 Å². The molecular weight excluding hydrogens is 306 g/mol. The van der Waals surface area contributed by atoms with Crippen LogP contribution in [0.1, 0.15) is 13.3 Å². The molecule has 0 bridgehead atoms. The third-order valence-corrected chi connectivity index (χ3v) is 4.44. The molecule has 0 atom stereocenters. The molecule has 0 saturated carbocycles. The van der Waals surface area contributed by atoms with Gasteiger partial charge in [-0.1, -0.05) is 6.92 Å². The molecule has 3 rings (SSSR count). The summed E-state index contributed by atoms with van der Waals surface area (Å²) < 4.78 is 7.26. The van der Waals surface area contributed by atoms with Gasteiger partial charge in [-0.3, -0.25) is 4.79 Å². The molecule has 0 amide bonds. The first-order chi connectivity index (χ1) is 11.6. The van der Waals surface area contributed by atoms with E-state index in [-0.39, 0.29) is 5.43 Å². The highest BCUT2D eigenvalue weighted by Crippen LogP contribution is 2.32. The van der Waals surface area contributed by atoms with Crippen LogP contribution in [0.4, 0.5) is 5.69 Å². The first-order valence-electron chi connectivity index (χ1n) is 8.44. The van der Waals surface area contributed by atoms with Crippen LogP contribution in [0.15, 0.2) is 29.2 Å². The first kappa shape index (κ1) is 16.6. The van der Waals surface area contributed by atoms with Crippen molar-refractivity contribution in [3.63, 3.8) is 0 Å². The van der Waals surface area contributed by atoms with Crippen molar-refractivity contribution < 1.29 is 9.57 Å². The van der Waals surface area contributed by atoms with Gasteiger partial charge in [0.15, 0.2) is 5.43 Å². The van der Waals surface area contributed by atoms with E-state index in [1.54, 1.807) is 18.0 Å². The van der Waals surface area contributed by atoms with Crippen molar-refractivity contribution >= 4 is 16.6 Å². The van der Waals surface area contributed by atoms with Crippen LogP contribution in [-0.2, 0) is 0 Å². The third kappa shape index (κ3) is 3.19. The highest BCUT2D eigenvalue weighted by atomic mass is 16.7. The number of rotatable bonds is 5. The van der Waals surface area contributed by atoms with Crippen LogP contribution in [0.5, 0.6) is 5.75 Å². The molecule has 1 saturated heterocycles. The minimum atomic E-state index is -0.0235. The van der Waals surface area contributed by atoms with Gasteiger partial charge in [-0.15, -0.1) is 0 Å². The Balaban J connectivity index is 2.09. The fourth-order valence-electron chi connectivity index (χ4n) is 3.00. The lowest BCUT2D eigenvalue weighted by molar-refractivity contribution is 0.119. The van der Waals surface area contributed by atoms with Gasteiger partial charge in [0.25, 0.3) is 0 Å². The molecule has 1 aliphatic rings. The van der Waals surface area contributed by atoms with E-state index in [9.17, 15) is 4.79 Å². The zero-order chi connectivity index (χ0) is 17.1. The zero-order valence-corrected chi connectivity index (χ0v) is 14.6. The van der Waals surface area contributed by atoms with Gasteiger partial charge in [0.2, 0.25) is 0 Å². The molecule has 2 heterocycles. The zero-order valence-electron chi connectivity index (χ0n) is 14.6. The third-order valence-electron chi connectivity index (χ3n) is 4.44. The predicted octanol–water partition coefficient (Wildman–Crippen LogP) is 1.60. The maximum atomic E-state index is 12.3. The van der Waals surface area contributed by atoms with Gasteiger partial charge in [-0.25, -0.2) is 0 Å². The molecule has 1 aliphatic heterocycles. The Morgan fingerprint density at radius 1 is 1.17 bits per heavy atom. The van der Waals surface area contributed by atoms with Gasteiger partial charge in [-0.2, -0.15) is 4.73 Å². The van der Waals surface area contributed by atoms with Crippen LogP contribution in [-0.4, -0.2) is 56.6 Å². The van der Waals surface area contributed by atoms with Crippen LogP contribution in [0, 0.1) is 0 Å². The summed E-state index contributed by atoms with van der Waals surface area (Å²) in [5.41, 5.74) is 1.77. The Kier molecular flexibility index (Phi) is 4.94. The number of ether oxygens (including phenoxy) is 1. The Hall–Kier alpha value is -2.21. The number of fused-ring (bicyclic) bond motifs is 1. The summed E-state index contributed by atoms with van der Waals surface area (Å²) in [5.74, 6) is 0.734. The summed E-state index contributed by atoms with van der Waals surface area (Å²) in [6, 6.07) is 5.38. The van der Waals surface area contributed by atoms with E-state index < -0.39 is 0 Å². The number of hydrogen-bond donors (Lipinski definition) is 0. The van der Waals surface area contributed by atoms with E-state index in [0.717, 1.165) is 49.6 Å². The molecule has 1 aromatic carbocycles. The minimum Gasteiger partial charge on any atom is -0.495 e. The molecule has 0 spiro atoms. The molecule has 6 heteroatoms. The fraction of sp³-hybridized carbons (Fsp3) is 0.500. The monoisotopic (exact) mass is 331 g/mol. The van der Waals surface area contributed by atoms with Crippen molar-refractivity contribution in [3.8, 4) is 5.75 Å². The van der Waals surface area contributed by atoms with Crippen molar-refractivity contribution in [1.82, 2.24) is 9.63 Å². The summed E-state index contributed by atoms with van der Waals surface area (Å²) in [6.07, 6.45) is 2.61. The molecule has 6 nitrogen and oxygen atoms in total. The molecule has 0 aliphatic carbocycles. The van der Waals surface area contributed by atoms with E-state index in [1.165, 1.54) is 6.07 Å². The van der Waals surface area contributed by atoms with Crippen molar-refractivity contribution in [2.45, 2.75) is 13.3 Å². The molecule has 130 valence electrons. The molecule has 0 N–H and O–H groups in total. The minimum absolute atomic E-state index is 0.0235. The van der Waals surface area contributed by atoms with Crippen molar-refractivity contribution in [2.75, 3.05) is 51.8 Å². The SMILES string of the molecule is CCCOn1ccc(=O)c2cc(OC)c(N3CCN(C)CC3)cc21. The second-order valence-electron chi connectivity index (χ2n) is 6.17. The lowest BCUT2D eigenvalue weighted by Gasteiger charge is -2.35. The largest absolute Gasteiger partial charge is 0.495 e. The van der Waals surface area contributed by atoms with Crippen molar-refractivity contribution in [3.05, 3.63) is 34.6 Å². The number of aromatic nitrogens is 1. The summed E-state index contributed by atoms with van der Waals surface area (Å²) in [5, 5.41) is 0.614. The summed E-state index contributed by atoms with van der Waals surface area (Å²) in [4.78, 5) is 22.6. The number of nitrogens with zero attached hydrogens (tertiary/aromatic N) is 3. The van der Waals surface area contributed by atoms with Crippen LogP contribution >= 0.6 is 0 Å². The maximum absolute atomic E-state index is 12.3. The Bertz CT molecular complexity index is 764. The predicted molar refractivity (Wildman–Crippen MR) is 96.2 cm³/mol. The first-order valence-corrected chi connectivity index (χ1v) is 8.44. The quantitative estimate of drug-likeness (QED) is 0.833.